The lowest BCUT2D eigenvalue weighted by atomic mass is 10.2. The summed E-state index contributed by atoms with van der Waals surface area (Å²) in [6, 6.07) is 13.8. The number of nitrogens with zero attached hydrogens (tertiary/aromatic N) is 4. The number of non-ortho nitro benzene ring substituents is 1. The topological polar surface area (TPSA) is 88.7 Å². The zero-order chi connectivity index (χ0) is 21.8. The van der Waals surface area contributed by atoms with Crippen molar-refractivity contribution in [2.24, 2.45) is 5.10 Å². The fraction of sp³-hybridized carbons (Fsp3) is 0. The van der Waals surface area contributed by atoms with Gasteiger partial charge in [-0.05, 0) is 41.3 Å². The molecular formula is C21H13FN4O3S2. The van der Waals surface area contributed by atoms with Crippen molar-refractivity contribution in [3.63, 3.8) is 0 Å². The van der Waals surface area contributed by atoms with E-state index < -0.39 is 16.6 Å². The molecule has 0 aliphatic rings. The number of nitro benzene ring substituents is 1. The molecule has 2 heterocycles. The molecule has 0 saturated carbocycles. The molecular weight excluding hydrogens is 439 g/mol. The summed E-state index contributed by atoms with van der Waals surface area (Å²) in [7, 11) is 0. The van der Waals surface area contributed by atoms with Gasteiger partial charge in [0.2, 0.25) is 5.13 Å². The van der Waals surface area contributed by atoms with E-state index in [4.69, 9.17) is 0 Å². The van der Waals surface area contributed by atoms with E-state index in [1.807, 2.05) is 17.5 Å². The predicted octanol–water partition coefficient (Wildman–Crippen LogP) is 5.49. The van der Waals surface area contributed by atoms with Gasteiger partial charge in [-0.1, -0.05) is 29.5 Å². The predicted molar refractivity (Wildman–Crippen MR) is 121 cm³/mol. The summed E-state index contributed by atoms with van der Waals surface area (Å²) in [5, 5.41) is 18.5. The minimum absolute atomic E-state index is 0.0737. The largest absolute Gasteiger partial charge is 0.273 e. The summed E-state index contributed by atoms with van der Waals surface area (Å²) < 4.78 is 14.1. The SMILES string of the molecule is O=C(/C=C/c1cccc([N+](=O)[O-])c1)N(/N=C/c1cccs1)c1nc2ccc(F)cc2s1. The van der Waals surface area contributed by atoms with Crippen LogP contribution in [0.4, 0.5) is 15.2 Å². The molecule has 0 aliphatic heterocycles. The van der Waals surface area contributed by atoms with Crippen LogP contribution in [0.3, 0.4) is 0 Å². The highest BCUT2D eigenvalue weighted by molar-refractivity contribution is 7.22. The minimum atomic E-state index is -0.503. The standard InChI is InChI=1S/C21H13FN4O3S2/c22-15-7-8-18-19(12-15)31-21(24-18)25(23-13-17-5-2-10-30-17)20(27)9-6-14-3-1-4-16(11-14)26(28)29/h1-13H/b9-6+,23-13+. The zero-order valence-electron chi connectivity index (χ0n) is 15.7. The van der Waals surface area contributed by atoms with E-state index >= 15 is 0 Å². The molecule has 0 unspecified atom stereocenters. The van der Waals surface area contributed by atoms with Crippen molar-refractivity contribution in [2.45, 2.75) is 0 Å². The number of carbonyl (C=O) groups is 1. The van der Waals surface area contributed by atoms with Gasteiger partial charge in [0.1, 0.15) is 5.82 Å². The van der Waals surface area contributed by atoms with Gasteiger partial charge in [-0.2, -0.15) is 10.1 Å². The Bertz CT molecular complexity index is 1320. The molecule has 0 spiro atoms. The molecule has 1 amide bonds. The highest BCUT2D eigenvalue weighted by Gasteiger charge is 2.18. The summed E-state index contributed by atoms with van der Waals surface area (Å²) in [5.74, 6) is -0.896. The van der Waals surface area contributed by atoms with Gasteiger partial charge in [-0.3, -0.25) is 14.9 Å². The lowest BCUT2D eigenvalue weighted by molar-refractivity contribution is -0.384. The van der Waals surface area contributed by atoms with E-state index in [0.717, 1.165) is 21.2 Å². The maximum absolute atomic E-state index is 13.5. The van der Waals surface area contributed by atoms with Crippen molar-refractivity contribution < 1.29 is 14.1 Å². The van der Waals surface area contributed by atoms with Crippen LogP contribution in [0, 0.1) is 15.9 Å². The Morgan fingerprint density at radius 1 is 1.19 bits per heavy atom. The first kappa shape index (κ1) is 20.5. The molecule has 0 fully saturated rings. The Balaban J connectivity index is 1.66. The van der Waals surface area contributed by atoms with Crippen molar-refractivity contribution >= 4 is 61.9 Å². The molecule has 4 aromatic rings. The number of hydrazone groups is 1. The normalized spacial score (nSPS) is 11.5. The number of nitro groups is 1. The van der Waals surface area contributed by atoms with Crippen molar-refractivity contribution in [1.29, 1.82) is 0 Å². The second kappa shape index (κ2) is 8.94. The van der Waals surface area contributed by atoms with Crippen LogP contribution < -0.4 is 5.01 Å². The van der Waals surface area contributed by atoms with E-state index in [1.165, 1.54) is 66.1 Å². The van der Waals surface area contributed by atoms with E-state index in [0.29, 0.717) is 15.8 Å². The van der Waals surface area contributed by atoms with Crippen LogP contribution >= 0.6 is 22.7 Å². The van der Waals surface area contributed by atoms with Gasteiger partial charge in [0.05, 0.1) is 21.4 Å². The maximum Gasteiger partial charge on any atom is 0.273 e. The molecule has 4 rings (SSSR count). The monoisotopic (exact) mass is 452 g/mol. The Morgan fingerprint density at radius 3 is 2.84 bits per heavy atom. The van der Waals surface area contributed by atoms with Crippen molar-refractivity contribution in [3.05, 3.63) is 92.4 Å². The number of carbonyl (C=O) groups excluding carboxylic acids is 1. The lowest BCUT2D eigenvalue weighted by Gasteiger charge is -2.10. The fourth-order valence-corrected chi connectivity index (χ4v) is 4.17. The summed E-state index contributed by atoms with van der Waals surface area (Å²) in [4.78, 5) is 28.6. The second-order valence-electron chi connectivity index (χ2n) is 6.20. The molecule has 2 aromatic carbocycles. The van der Waals surface area contributed by atoms with Gasteiger partial charge in [0.15, 0.2) is 0 Å². The van der Waals surface area contributed by atoms with Gasteiger partial charge in [0, 0.05) is 23.1 Å². The van der Waals surface area contributed by atoms with Crippen LogP contribution in [-0.2, 0) is 4.79 Å². The molecule has 0 N–H and O–H groups in total. The van der Waals surface area contributed by atoms with Crippen LogP contribution in [0.25, 0.3) is 16.3 Å². The number of rotatable bonds is 6. The number of thiazole rings is 1. The second-order valence-corrected chi connectivity index (χ2v) is 8.19. The average molecular weight is 452 g/mol. The molecule has 154 valence electrons. The van der Waals surface area contributed by atoms with Gasteiger partial charge < -0.3 is 0 Å². The Hall–Kier alpha value is -3.76. The third kappa shape index (κ3) is 4.87. The Morgan fingerprint density at radius 2 is 2.06 bits per heavy atom. The lowest BCUT2D eigenvalue weighted by Crippen LogP contribution is -2.23. The van der Waals surface area contributed by atoms with Crippen molar-refractivity contribution in [1.82, 2.24) is 4.98 Å². The molecule has 0 saturated heterocycles. The van der Waals surface area contributed by atoms with E-state index in [9.17, 15) is 19.3 Å². The summed E-state index contributed by atoms with van der Waals surface area (Å²) in [6.07, 6.45) is 4.27. The van der Waals surface area contributed by atoms with Gasteiger partial charge in [0.25, 0.3) is 11.6 Å². The fourth-order valence-electron chi connectivity index (χ4n) is 2.64. The van der Waals surface area contributed by atoms with Crippen LogP contribution in [0.2, 0.25) is 0 Å². The minimum Gasteiger partial charge on any atom is -0.267 e. The van der Waals surface area contributed by atoms with E-state index in [-0.39, 0.29) is 10.8 Å². The van der Waals surface area contributed by atoms with Gasteiger partial charge in [-0.15, -0.1) is 11.3 Å². The Labute approximate surface area is 183 Å². The first-order valence-electron chi connectivity index (χ1n) is 8.90. The number of anilines is 1. The van der Waals surface area contributed by atoms with Gasteiger partial charge in [-0.25, -0.2) is 9.37 Å². The van der Waals surface area contributed by atoms with Crippen molar-refractivity contribution in [3.8, 4) is 0 Å². The molecule has 31 heavy (non-hydrogen) atoms. The first-order valence-corrected chi connectivity index (χ1v) is 10.6. The third-order valence-corrected chi connectivity index (χ3v) is 5.87. The highest BCUT2D eigenvalue weighted by Crippen LogP contribution is 2.30. The zero-order valence-corrected chi connectivity index (χ0v) is 17.3. The summed E-state index contributed by atoms with van der Waals surface area (Å²) >= 11 is 2.59. The molecule has 10 heteroatoms. The molecule has 0 aliphatic carbocycles. The summed E-state index contributed by atoms with van der Waals surface area (Å²) in [5.41, 5.74) is 0.972. The molecule has 0 bridgehead atoms. The van der Waals surface area contributed by atoms with Crippen LogP contribution in [-0.4, -0.2) is 22.0 Å². The maximum atomic E-state index is 13.5. The molecule has 2 aromatic heterocycles. The van der Waals surface area contributed by atoms with Crippen LogP contribution in [0.15, 0.2) is 71.2 Å². The van der Waals surface area contributed by atoms with Gasteiger partial charge >= 0.3 is 0 Å². The number of hydrogen-bond acceptors (Lipinski definition) is 7. The average Bonchev–Trinajstić information content (AvgIpc) is 3.42. The first-order chi connectivity index (χ1) is 15.0. The van der Waals surface area contributed by atoms with E-state index in [1.54, 1.807) is 6.07 Å². The van der Waals surface area contributed by atoms with E-state index in [2.05, 4.69) is 10.1 Å². The summed E-state index contributed by atoms with van der Waals surface area (Å²) in [6.45, 7) is 0. The van der Waals surface area contributed by atoms with Crippen molar-refractivity contribution in [2.75, 3.05) is 5.01 Å². The number of benzene rings is 2. The smallest absolute Gasteiger partial charge is 0.267 e. The van der Waals surface area contributed by atoms with Crippen LogP contribution in [0.5, 0.6) is 0 Å². The molecule has 0 radical (unpaired) electrons. The number of thiophene rings is 1. The third-order valence-electron chi connectivity index (χ3n) is 4.07. The quantitative estimate of drug-likeness (QED) is 0.168. The highest BCUT2D eigenvalue weighted by atomic mass is 32.1. The molecule has 0 atom stereocenters. The Kier molecular flexibility index (Phi) is 5.92. The number of aromatic nitrogens is 1. The number of fused-ring (bicyclic) bond motifs is 1. The number of halogens is 1. The number of hydrogen-bond donors (Lipinski definition) is 0. The van der Waals surface area contributed by atoms with Crippen LogP contribution in [0.1, 0.15) is 10.4 Å². The number of amides is 1. The molecule has 7 nitrogen and oxygen atoms in total.